The minimum Gasteiger partial charge on any atom is -0.508 e. The van der Waals surface area contributed by atoms with Crippen LogP contribution in [-0.4, -0.2) is 10.9 Å². The molecule has 0 aliphatic heterocycles. The maximum absolute atomic E-state index is 12.0. The van der Waals surface area contributed by atoms with Gasteiger partial charge in [-0.15, -0.1) is 13.2 Å². The van der Waals surface area contributed by atoms with Crippen LogP contribution in [0.25, 0.3) is 5.57 Å². The maximum atomic E-state index is 12.0. The van der Waals surface area contributed by atoms with Gasteiger partial charge in [0.2, 0.25) is 0 Å². The van der Waals surface area contributed by atoms with Crippen molar-refractivity contribution in [1.29, 1.82) is 0 Å². The van der Waals surface area contributed by atoms with Crippen LogP contribution in [0.2, 0.25) is 0 Å². The number of rotatable bonds is 7. The summed E-state index contributed by atoms with van der Waals surface area (Å²) in [5.41, 5.74) is 4.64. The van der Waals surface area contributed by atoms with Gasteiger partial charge in [-0.05, 0) is 61.8 Å². The number of hydrogen-bond acceptors (Lipinski definition) is 2. The summed E-state index contributed by atoms with van der Waals surface area (Å²) in [6.45, 7) is 28.2. The fourth-order valence-electron chi connectivity index (χ4n) is 3.24. The molecule has 0 aromatic heterocycles. The number of aryl methyl sites for hydroxylation is 2. The summed E-state index contributed by atoms with van der Waals surface area (Å²) in [4.78, 5) is 12.0. The molecule has 2 heteroatoms. The Morgan fingerprint density at radius 1 is 0.886 bits per heavy atom. The number of para-hydroxylation sites is 1. The van der Waals surface area contributed by atoms with E-state index in [2.05, 4.69) is 57.8 Å². The zero-order valence-corrected chi connectivity index (χ0v) is 24.3. The molecule has 0 atom stereocenters. The van der Waals surface area contributed by atoms with Crippen molar-refractivity contribution < 1.29 is 9.90 Å². The summed E-state index contributed by atoms with van der Waals surface area (Å²) >= 11 is 0. The zero-order chi connectivity index (χ0) is 27.9. The second kappa shape index (κ2) is 23.1. The molecule has 1 aliphatic rings. The van der Waals surface area contributed by atoms with E-state index in [4.69, 9.17) is 0 Å². The van der Waals surface area contributed by atoms with Gasteiger partial charge in [-0.3, -0.25) is 4.79 Å². The van der Waals surface area contributed by atoms with Crippen LogP contribution in [-0.2, 0) is 17.6 Å². The van der Waals surface area contributed by atoms with Crippen molar-refractivity contribution in [2.75, 3.05) is 0 Å². The van der Waals surface area contributed by atoms with Crippen molar-refractivity contribution in [3.8, 4) is 5.75 Å². The van der Waals surface area contributed by atoms with Crippen LogP contribution in [0.15, 0.2) is 68.3 Å². The fourth-order valence-corrected chi connectivity index (χ4v) is 3.24. The molecular formula is C33H54O2. The van der Waals surface area contributed by atoms with E-state index >= 15 is 0 Å². The lowest BCUT2D eigenvalue weighted by molar-refractivity contribution is -0.124. The van der Waals surface area contributed by atoms with Crippen LogP contribution in [0.3, 0.4) is 0 Å². The highest BCUT2D eigenvalue weighted by molar-refractivity contribution is 5.87. The molecule has 35 heavy (non-hydrogen) atoms. The molecule has 1 aliphatic carbocycles. The van der Waals surface area contributed by atoms with E-state index < -0.39 is 0 Å². The van der Waals surface area contributed by atoms with Gasteiger partial charge in [-0.1, -0.05) is 110 Å². The van der Waals surface area contributed by atoms with Crippen molar-refractivity contribution in [1.82, 2.24) is 0 Å². The van der Waals surface area contributed by atoms with Crippen molar-refractivity contribution in [2.45, 2.75) is 101 Å². The van der Waals surface area contributed by atoms with Gasteiger partial charge in [0.15, 0.2) is 0 Å². The molecule has 2 aromatic carbocycles. The van der Waals surface area contributed by atoms with Crippen LogP contribution in [0, 0.1) is 5.41 Å². The molecule has 198 valence electrons. The quantitative estimate of drug-likeness (QED) is 0.398. The number of aromatic hydroxyl groups is 1. The van der Waals surface area contributed by atoms with E-state index in [1.54, 1.807) is 12.1 Å². The Balaban J connectivity index is -0.000000472. The van der Waals surface area contributed by atoms with Crippen LogP contribution >= 0.6 is 0 Å². The Hall–Kier alpha value is -2.61. The third kappa shape index (κ3) is 14.4. The maximum Gasteiger partial charge on any atom is 0.139 e. The first kappa shape index (κ1) is 36.9. The van der Waals surface area contributed by atoms with E-state index in [9.17, 15) is 9.90 Å². The first-order valence-electron chi connectivity index (χ1n) is 13.5. The van der Waals surface area contributed by atoms with Gasteiger partial charge in [0, 0.05) is 11.8 Å². The first-order chi connectivity index (χ1) is 16.9. The molecule has 0 spiro atoms. The standard InChI is InChI=1S/C14H18O2.C11H14.3C2H6.C2H4/c1-2-14(9-10-14)13(16)8-7-11-5-3-4-6-12(11)15;1-4-10-5-7-11(8-6-10)9(2)3;4*1-2/h3-6,15H,2,7-10H2,1H3;5-8H,2,4H2,1,3H3;3*1-2H3;1-2H2. The zero-order valence-electron chi connectivity index (χ0n) is 24.3. The molecular weight excluding hydrogens is 428 g/mol. The average Bonchev–Trinajstić information content (AvgIpc) is 3.74. The lowest BCUT2D eigenvalue weighted by Gasteiger charge is -2.11. The smallest absolute Gasteiger partial charge is 0.139 e. The summed E-state index contributed by atoms with van der Waals surface area (Å²) < 4.78 is 0. The van der Waals surface area contributed by atoms with Crippen LogP contribution in [0.4, 0.5) is 0 Å². The molecule has 2 aromatic rings. The van der Waals surface area contributed by atoms with Gasteiger partial charge >= 0.3 is 0 Å². The summed E-state index contributed by atoms with van der Waals surface area (Å²) in [6, 6.07) is 15.8. The lowest BCUT2D eigenvalue weighted by atomic mass is 9.93. The van der Waals surface area contributed by atoms with Crippen molar-refractivity contribution in [3.05, 3.63) is 85.0 Å². The SMILES string of the molecule is C=C.C=C(C)c1ccc(CC)cc1.CC.CC.CC.CCC1(C(=O)CCc2ccccc2O)CC1. The van der Waals surface area contributed by atoms with Crippen molar-refractivity contribution >= 4 is 11.4 Å². The highest BCUT2D eigenvalue weighted by atomic mass is 16.3. The summed E-state index contributed by atoms with van der Waals surface area (Å²) in [5, 5.41) is 9.59. The van der Waals surface area contributed by atoms with Gasteiger partial charge in [0.25, 0.3) is 0 Å². The van der Waals surface area contributed by atoms with E-state index in [1.807, 2.05) is 60.6 Å². The Morgan fingerprint density at radius 2 is 1.37 bits per heavy atom. The van der Waals surface area contributed by atoms with Crippen molar-refractivity contribution in [3.63, 3.8) is 0 Å². The number of carbonyl (C=O) groups is 1. The van der Waals surface area contributed by atoms with Gasteiger partial charge < -0.3 is 5.11 Å². The van der Waals surface area contributed by atoms with Gasteiger partial charge in [-0.25, -0.2) is 0 Å². The molecule has 1 saturated carbocycles. The highest BCUT2D eigenvalue weighted by Crippen LogP contribution is 2.50. The summed E-state index contributed by atoms with van der Waals surface area (Å²) in [6.07, 6.45) is 5.41. The number of phenols is 1. The van der Waals surface area contributed by atoms with Crippen LogP contribution < -0.4 is 0 Å². The summed E-state index contributed by atoms with van der Waals surface area (Å²) in [7, 11) is 0. The number of allylic oxidation sites excluding steroid dienone is 1. The highest BCUT2D eigenvalue weighted by Gasteiger charge is 2.46. The van der Waals surface area contributed by atoms with E-state index in [0.29, 0.717) is 24.4 Å². The number of carbonyl (C=O) groups excluding carboxylic acids is 1. The monoisotopic (exact) mass is 482 g/mol. The molecule has 0 amide bonds. The van der Waals surface area contributed by atoms with Gasteiger partial charge in [-0.2, -0.15) is 0 Å². The molecule has 0 radical (unpaired) electrons. The van der Waals surface area contributed by atoms with Crippen molar-refractivity contribution in [2.24, 2.45) is 5.41 Å². The molecule has 0 bridgehead atoms. The van der Waals surface area contributed by atoms with Crippen LogP contribution in [0.5, 0.6) is 5.75 Å². The largest absolute Gasteiger partial charge is 0.508 e. The first-order valence-corrected chi connectivity index (χ1v) is 13.5. The van der Waals surface area contributed by atoms with Gasteiger partial charge in [0.1, 0.15) is 11.5 Å². The predicted octanol–water partition coefficient (Wildman–Crippen LogP) is 10.2. The normalized spacial score (nSPS) is 11.5. The molecule has 1 N–H and O–H groups in total. The Labute approximate surface area is 218 Å². The van der Waals surface area contributed by atoms with E-state index in [1.165, 1.54) is 11.1 Å². The molecule has 0 saturated heterocycles. The summed E-state index contributed by atoms with van der Waals surface area (Å²) in [5.74, 6) is 0.676. The number of ketones is 1. The van der Waals surface area contributed by atoms with E-state index in [-0.39, 0.29) is 5.41 Å². The Bertz CT molecular complexity index is 783. The minimum absolute atomic E-state index is 0.00436. The number of Topliss-reactive ketones (excluding diaryl/α,β-unsaturated/α-hetero) is 1. The second-order valence-corrected chi connectivity index (χ2v) is 7.52. The van der Waals surface area contributed by atoms with E-state index in [0.717, 1.165) is 36.8 Å². The Morgan fingerprint density at radius 3 is 1.74 bits per heavy atom. The van der Waals surface area contributed by atoms with Gasteiger partial charge in [0.05, 0.1) is 0 Å². The lowest BCUT2D eigenvalue weighted by Crippen LogP contribution is -2.15. The fraction of sp³-hybridized carbons (Fsp3) is 0.485. The molecule has 2 nitrogen and oxygen atoms in total. The molecule has 1 fully saturated rings. The number of phenolic OH excluding ortho intramolecular Hbond substituents is 1. The molecule has 0 heterocycles. The third-order valence-electron chi connectivity index (χ3n) is 5.59. The Kier molecular flexibility index (Phi) is 24.4. The number of benzene rings is 2. The van der Waals surface area contributed by atoms with Crippen LogP contribution in [0.1, 0.15) is 105 Å². The number of hydrogen-bond donors (Lipinski definition) is 1. The molecule has 3 rings (SSSR count). The molecule has 0 unspecified atom stereocenters. The topological polar surface area (TPSA) is 37.3 Å². The predicted molar refractivity (Wildman–Crippen MR) is 159 cm³/mol. The minimum atomic E-state index is 0.00436. The second-order valence-electron chi connectivity index (χ2n) is 7.52. The average molecular weight is 483 g/mol. The third-order valence-corrected chi connectivity index (χ3v) is 5.59.